The fourth-order valence-corrected chi connectivity index (χ4v) is 3.74. The number of guanidine groups is 1. The van der Waals surface area contributed by atoms with E-state index in [1.165, 1.54) is 36.6 Å². The lowest BCUT2D eigenvalue weighted by Crippen LogP contribution is -2.49. The van der Waals surface area contributed by atoms with Crippen LogP contribution in [0.1, 0.15) is 6.92 Å². The van der Waals surface area contributed by atoms with E-state index in [1.807, 2.05) is 4.90 Å². The predicted octanol–water partition coefficient (Wildman–Crippen LogP) is 1.51. The number of carboxylic acids is 1. The molecule has 1 atom stereocenters. The Morgan fingerprint density at radius 2 is 1.85 bits per heavy atom. The Bertz CT molecular complexity index is 1120. The lowest BCUT2D eigenvalue weighted by molar-refractivity contribution is -0.138. The number of nitrogens with one attached hydrogen (secondary N) is 1. The molecule has 0 saturated carbocycles. The van der Waals surface area contributed by atoms with Crippen LogP contribution < -0.4 is 16.2 Å². The van der Waals surface area contributed by atoms with E-state index < -0.39 is 40.4 Å². The van der Waals surface area contributed by atoms with Gasteiger partial charge in [-0.05, 0) is 42.9 Å². The highest BCUT2D eigenvalue weighted by atomic mass is 32.2. The van der Waals surface area contributed by atoms with Crippen LogP contribution >= 0.6 is 0 Å². The Kier molecular flexibility index (Phi) is 15.1. The molecule has 0 aliphatic carbocycles. The van der Waals surface area contributed by atoms with E-state index in [1.54, 1.807) is 0 Å². The second kappa shape index (κ2) is 17.7. The topological polar surface area (TPSA) is 164 Å². The summed E-state index contributed by atoms with van der Waals surface area (Å²) in [6.45, 7) is 12.3. The summed E-state index contributed by atoms with van der Waals surface area (Å²) in [4.78, 5) is 29.8. The van der Waals surface area contributed by atoms with Gasteiger partial charge in [0.05, 0.1) is 6.54 Å². The van der Waals surface area contributed by atoms with Gasteiger partial charge < -0.3 is 21.3 Å². The second-order valence-electron chi connectivity index (χ2n) is 8.12. The summed E-state index contributed by atoms with van der Waals surface area (Å²) in [6.07, 6.45) is 5.86. The monoisotopic (exact) mass is 568 g/mol. The molecule has 1 aliphatic heterocycles. The molecule has 214 valence electrons. The number of carbonyl (C=O) groups excluding carboxylic acids is 1. The molecule has 39 heavy (non-hydrogen) atoms. The number of allylic oxidation sites excluding steroid dienone is 7. The van der Waals surface area contributed by atoms with Crippen molar-refractivity contribution in [3.05, 3.63) is 83.8 Å². The molecule has 6 N–H and O–H groups in total. The molecule has 1 unspecified atom stereocenters. The first kappa shape index (κ1) is 33.3. The van der Waals surface area contributed by atoms with Crippen LogP contribution in [0.15, 0.2) is 88.8 Å². The van der Waals surface area contributed by atoms with Crippen LogP contribution in [0.2, 0.25) is 0 Å². The minimum absolute atomic E-state index is 0.0136. The first-order chi connectivity index (χ1) is 18.4. The SMILES string of the molecule is C=C/C(=C\C=C\S(=O)NCCN1CCN(CC(=O)O)CC1)OC(=C\F)/C(F)=C\C(=C)/C=C(\C)C(=O)N=C(N)N. The van der Waals surface area contributed by atoms with Crippen molar-refractivity contribution >= 4 is 28.8 Å². The van der Waals surface area contributed by atoms with E-state index in [9.17, 15) is 22.6 Å². The number of amides is 1. The number of nitrogens with zero attached hydrogens (tertiary/aromatic N) is 3. The van der Waals surface area contributed by atoms with Crippen LogP contribution in [0.5, 0.6) is 0 Å². The van der Waals surface area contributed by atoms with Gasteiger partial charge in [-0.25, -0.2) is 17.7 Å². The molecule has 1 amide bonds. The molecule has 0 aromatic heterocycles. The van der Waals surface area contributed by atoms with Crippen molar-refractivity contribution in [1.82, 2.24) is 14.5 Å². The highest BCUT2D eigenvalue weighted by Gasteiger charge is 2.18. The van der Waals surface area contributed by atoms with Crippen molar-refractivity contribution in [2.75, 3.05) is 45.8 Å². The van der Waals surface area contributed by atoms with Gasteiger partial charge >= 0.3 is 5.97 Å². The van der Waals surface area contributed by atoms with E-state index in [-0.39, 0.29) is 29.8 Å². The molecule has 0 aromatic rings. The highest BCUT2D eigenvalue weighted by Crippen LogP contribution is 2.20. The Morgan fingerprint density at radius 1 is 1.21 bits per heavy atom. The summed E-state index contributed by atoms with van der Waals surface area (Å²) in [6, 6.07) is 0. The third-order valence-electron chi connectivity index (χ3n) is 5.00. The fourth-order valence-electron chi connectivity index (χ4n) is 3.13. The first-order valence-corrected chi connectivity index (χ1v) is 12.8. The number of ether oxygens (including phenoxy) is 1. The van der Waals surface area contributed by atoms with Gasteiger partial charge in [0.2, 0.25) is 0 Å². The summed E-state index contributed by atoms with van der Waals surface area (Å²) in [7, 11) is -1.53. The van der Waals surface area contributed by atoms with Gasteiger partial charge in [-0.1, -0.05) is 13.2 Å². The number of aliphatic carboxylic acids is 1. The third-order valence-corrected chi connectivity index (χ3v) is 5.90. The quantitative estimate of drug-likeness (QED) is 0.0754. The number of carboxylic acid groups (broad SMARTS) is 1. The average molecular weight is 569 g/mol. The number of hydrogen-bond donors (Lipinski definition) is 4. The van der Waals surface area contributed by atoms with Crippen molar-refractivity contribution in [2.45, 2.75) is 6.92 Å². The van der Waals surface area contributed by atoms with Gasteiger partial charge in [0.15, 0.2) is 17.5 Å². The molecular formula is C25H34F2N6O5S. The third kappa shape index (κ3) is 14.1. The minimum Gasteiger partial charge on any atom is -0.480 e. The molecule has 0 bridgehead atoms. The lowest BCUT2D eigenvalue weighted by atomic mass is 10.1. The minimum atomic E-state index is -1.53. The maximum atomic E-state index is 14.5. The molecule has 14 heteroatoms. The predicted molar refractivity (Wildman–Crippen MR) is 147 cm³/mol. The Morgan fingerprint density at radius 3 is 2.41 bits per heavy atom. The van der Waals surface area contributed by atoms with Crippen molar-refractivity contribution in [1.29, 1.82) is 0 Å². The van der Waals surface area contributed by atoms with E-state index in [0.717, 1.165) is 19.2 Å². The zero-order chi connectivity index (χ0) is 29.4. The van der Waals surface area contributed by atoms with Crippen LogP contribution in [-0.4, -0.2) is 82.8 Å². The zero-order valence-electron chi connectivity index (χ0n) is 21.6. The number of piperazine rings is 1. The van der Waals surface area contributed by atoms with Crippen molar-refractivity contribution < 1.29 is 32.4 Å². The molecule has 0 aromatic carbocycles. The first-order valence-electron chi connectivity index (χ1n) is 11.6. The number of nitrogens with two attached hydrogens (primary N) is 2. The van der Waals surface area contributed by atoms with E-state index >= 15 is 0 Å². The van der Waals surface area contributed by atoms with E-state index in [2.05, 4.69) is 27.8 Å². The summed E-state index contributed by atoms with van der Waals surface area (Å²) >= 11 is 0. The Balaban J connectivity index is 2.60. The molecule has 11 nitrogen and oxygen atoms in total. The summed E-state index contributed by atoms with van der Waals surface area (Å²) in [5.74, 6) is -3.96. The molecule has 0 radical (unpaired) electrons. The van der Waals surface area contributed by atoms with Crippen LogP contribution in [0.25, 0.3) is 0 Å². The normalized spacial score (nSPS) is 17.1. The highest BCUT2D eigenvalue weighted by molar-refractivity contribution is 7.86. The molecule has 1 fully saturated rings. The van der Waals surface area contributed by atoms with Crippen LogP contribution in [0.4, 0.5) is 8.78 Å². The molecular weight excluding hydrogens is 534 g/mol. The van der Waals surface area contributed by atoms with E-state index in [0.29, 0.717) is 26.2 Å². The number of halogens is 2. The standard InChI is InChI=1S/C25H34F2N6O5S/c1-4-20(38-22(16-26)21(27)15-18(2)14-19(3)24(36)31-25(28)29)6-5-13-39(37)30-7-8-32-9-11-33(12-10-32)17-23(34)35/h4-6,13-16,30H,1-2,7-12,17H2,3H3,(H,34,35)(H4,28,29,31,36)/b13-5+,19-14+,20-6+,21-15+,22-16-. The van der Waals surface area contributed by atoms with Gasteiger partial charge in [0.1, 0.15) is 23.1 Å². The lowest BCUT2D eigenvalue weighted by Gasteiger charge is -2.33. The van der Waals surface area contributed by atoms with Gasteiger partial charge in [-0.15, -0.1) is 0 Å². The summed E-state index contributed by atoms with van der Waals surface area (Å²) < 4.78 is 48.0. The Labute approximate surface area is 228 Å². The molecule has 1 heterocycles. The smallest absolute Gasteiger partial charge is 0.317 e. The maximum absolute atomic E-state index is 14.5. The molecule has 1 saturated heterocycles. The number of carbonyl (C=O) groups is 2. The molecule has 1 aliphatic rings. The van der Waals surface area contributed by atoms with Crippen molar-refractivity contribution in [3.63, 3.8) is 0 Å². The number of rotatable bonds is 15. The Hall–Kier alpha value is -3.72. The molecule has 1 rings (SSSR count). The average Bonchev–Trinajstić information content (AvgIpc) is 2.86. The van der Waals surface area contributed by atoms with Crippen LogP contribution in [0, 0.1) is 0 Å². The van der Waals surface area contributed by atoms with Crippen molar-refractivity contribution in [3.8, 4) is 0 Å². The fraction of sp³-hybridized carbons (Fsp3) is 0.320. The summed E-state index contributed by atoms with van der Waals surface area (Å²) in [5, 5.41) is 10.2. The van der Waals surface area contributed by atoms with Gasteiger partial charge in [-0.3, -0.25) is 19.4 Å². The van der Waals surface area contributed by atoms with Crippen LogP contribution in [0.3, 0.4) is 0 Å². The largest absolute Gasteiger partial charge is 0.480 e. The number of hydrogen-bond acceptors (Lipinski definition) is 6. The zero-order valence-corrected chi connectivity index (χ0v) is 22.5. The molecule has 0 spiro atoms. The van der Waals surface area contributed by atoms with E-state index in [4.69, 9.17) is 21.3 Å². The summed E-state index contributed by atoms with van der Waals surface area (Å²) in [5.41, 5.74) is 10.4. The van der Waals surface area contributed by atoms with Gasteiger partial charge in [0, 0.05) is 50.2 Å². The maximum Gasteiger partial charge on any atom is 0.317 e. The van der Waals surface area contributed by atoms with Crippen molar-refractivity contribution in [2.24, 2.45) is 16.5 Å². The van der Waals surface area contributed by atoms with Gasteiger partial charge in [0.25, 0.3) is 5.91 Å². The number of aliphatic imine (C=N–C) groups is 1. The van der Waals surface area contributed by atoms with Gasteiger partial charge in [-0.2, -0.15) is 4.99 Å². The second-order valence-corrected chi connectivity index (χ2v) is 9.27. The van der Waals surface area contributed by atoms with Crippen LogP contribution in [-0.2, 0) is 25.3 Å².